The first-order chi connectivity index (χ1) is 10.6. The predicted molar refractivity (Wildman–Crippen MR) is 84.7 cm³/mol. The molecule has 0 bridgehead atoms. The number of aromatic nitrogens is 3. The van der Waals surface area contributed by atoms with Crippen LogP contribution in [0.15, 0.2) is 18.2 Å². The molecule has 4 N–H and O–H groups in total. The molecule has 0 spiro atoms. The lowest BCUT2D eigenvalue weighted by Gasteiger charge is -2.13. The van der Waals surface area contributed by atoms with Crippen LogP contribution in [0.25, 0.3) is 11.0 Å². The number of nitrogens with one attached hydrogen (secondary N) is 2. The fourth-order valence-electron chi connectivity index (χ4n) is 3.13. The van der Waals surface area contributed by atoms with E-state index in [2.05, 4.69) is 26.6 Å². The zero-order valence-corrected chi connectivity index (χ0v) is 12.2. The molecule has 0 amide bonds. The van der Waals surface area contributed by atoms with E-state index in [4.69, 9.17) is 5.73 Å². The van der Waals surface area contributed by atoms with Crippen LogP contribution in [0.2, 0.25) is 0 Å². The Balaban J connectivity index is 1.80. The van der Waals surface area contributed by atoms with E-state index >= 15 is 0 Å². The van der Waals surface area contributed by atoms with Gasteiger partial charge in [0.25, 0.3) is 0 Å². The Morgan fingerprint density at radius 2 is 2.14 bits per heavy atom. The summed E-state index contributed by atoms with van der Waals surface area (Å²) in [6, 6.07) is 5.60. The summed E-state index contributed by atoms with van der Waals surface area (Å²) in [6.45, 7) is 2.05. The maximum absolute atomic E-state index is 14.3. The number of benzene rings is 1. The molecule has 1 aromatic carbocycles. The number of nitrogens with zero attached hydrogens (tertiary/aromatic N) is 2. The number of pyridine rings is 1. The van der Waals surface area contributed by atoms with Crippen molar-refractivity contribution in [2.75, 3.05) is 11.1 Å². The van der Waals surface area contributed by atoms with Gasteiger partial charge in [-0.3, -0.25) is 5.10 Å². The van der Waals surface area contributed by atoms with Crippen LogP contribution in [0.4, 0.5) is 21.7 Å². The Labute approximate surface area is 126 Å². The zero-order valence-electron chi connectivity index (χ0n) is 12.2. The molecule has 22 heavy (non-hydrogen) atoms. The molecule has 0 radical (unpaired) electrons. The van der Waals surface area contributed by atoms with E-state index in [1.807, 2.05) is 13.0 Å². The highest BCUT2D eigenvalue weighted by Gasteiger charge is 2.18. The van der Waals surface area contributed by atoms with Gasteiger partial charge in [0.15, 0.2) is 23.1 Å². The highest BCUT2D eigenvalue weighted by atomic mass is 19.1. The maximum Gasteiger partial charge on any atom is 0.169 e. The van der Waals surface area contributed by atoms with E-state index in [1.165, 1.54) is 17.2 Å². The lowest BCUT2D eigenvalue weighted by atomic mass is 10.0. The molecule has 2 aromatic heterocycles. The van der Waals surface area contributed by atoms with Crippen molar-refractivity contribution < 1.29 is 4.39 Å². The summed E-state index contributed by atoms with van der Waals surface area (Å²) in [4.78, 5) is 4.26. The molecule has 0 unspecified atom stereocenters. The van der Waals surface area contributed by atoms with Crippen molar-refractivity contribution in [2.45, 2.75) is 26.2 Å². The first kappa shape index (κ1) is 13.1. The zero-order chi connectivity index (χ0) is 15.3. The van der Waals surface area contributed by atoms with Crippen LogP contribution in [0.1, 0.15) is 23.1 Å². The van der Waals surface area contributed by atoms with E-state index in [0.29, 0.717) is 11.0 Å². The maximum atomic E-state index is 14.3. The monoisotopic (exact) mass is 297 g/mol. The van der Waals surface area contributed by atoms with Crippen molar-refractivity contribution >= 4 is 28.4 Å². The number of nitrogen functional groups attached to an aromatic ring is 1. The van der Waals surface area contributed by atoms with Gasteiger partial charge in [-0.25, -0.2) is 9.37 Å². The van der Waals surface area contributed by atoms with Crippen LogP contribution in [0.5, 0.6) is 0 Å². The summed E-state index contributed by atoms with van der Waals surface area (Å²) in [6.07, 6.45) is 3.23. The van der Waals surface area contributed by atoms with Crippen LogP contribution >= 0.6 is 0 Å². The largest absolute Gasteiger partial charge is 0.382 e. The molecule has 0 fully saturated rings. The Morgan fingerprint density at radius 3 is 3.00 bits per heavy atom. The minimum absolute atomic E-state index is 0.191. The molecular formula is C16H16FN5. The van der Waals surface area contributed by atoms with Crippen LogP contribution in [-0.2, 0) is 12.8 Å². The van der Waals surface area contributed by atoms with Gasteiger partial charge in [0, 0.05) is 5.69 Å². The molecule has 5 nitrogen and oxygen atoms in total. The first-order valence-corrected chi connectivity index (χ1v) is 7.31. The van der Waals surface area contributed by atoms with Crippen LogP contribution < -0.4 is 11.1 Å². The number of nitrogens with two attached hydrogens (primary N) is 1. The normalized spacial score (nSPS) is 13.5. The number of halogens is 1. The molecule has 0 aliphatic heterocycles. The minimum Gasteiger partial charge on any atom is -0.382 e. The van der Waals surface area contributed by atoms with Gasteiger partial charge in [0.05, 0.1) is 5.39 Å². The minimum atomic E-state index is -0.436. The van der Waals surface area contributed by atoms with Gasteiger partial charge in [0.1, 0.15) is 0 Å². The lowest BCUT2D eigenvalue weighted by molar-refractivity contribution is 0.629. The molecule has 1 aliphatic rings. The molecule has 6 heteroatoms. The van der Waals surface area contributed by atoms with Gasteiger partial charge in [-0.1, -0.05) is 6.07 Å². The highest BCUT2D eigenvalue weighted by Crippen LogP contribution is 2.33. The third kappa shape index (κ3) is 1.99. The SMILES string of the molecule is Cc1cc2c(c(Nc3nc4[nH]nc(N)c4cc3F)c1)CCC2. The molecular weight excluding hydrogens is 281 g/mol. The molecule has 1 aliphatic carbocycles. The molecule has 4 rings (SSSR count). The summed E-state index contributed by atoms with van der Waals surface area (Å²) >= 11 is 0. The standard InChI is InChI=1S/C16H16FN5/c1-8-5-9-3-2-4-10(9)13(6-8)19-16-12(17)7-11-14(18)21-22-15(11)20-16/h5-7H,2-4H2,1H3,(H4,18,19,20,21,22). The molecule has 0 saturated carbocycles. The third-order valence-corrected chi connectivity index (χ3v) is 4.15. The van der Waals surface area contributed by atoms with Gasteiger partial charge in [-0.05, 0) is 55.0 Å². The third-order valence-electron chi connectivity index (χ3n) is 4.15. The van der Waals surface area contributed by atoms with Crippen LogP contribution in [0.3, 0.4) is 0 Å². The van der Waals surface area contributed by atoms with E-state index in [-0.39, 0.29) is 11.6 Å². The number of rotatable bonds is 2. The van der Waals surface area contributed by atoms with E-state index in [1.54, 1.807) is 0 Å². The molecule has 2 heterocycles. The smallest absolute Gasteiger partial charge is 0.169 e. The predicted octanol–water partition coefficient (Wildman–Crippen LogP) is 3.22. The van der Waals surface area contributed by atoms with Crippen LogP contribution in [-0.4, -0.2) is 15.2 Å². The molecule has 0 atom stereocenters. The average molecular weight is 297 g/mol. The Hall–Kier alpha value is -2.63. The Bertz CT molecular complexity index is 884. The van der Waals surface area contributed by atoms with Gasteiger partial charge in [-0.15, -0.1) is 0 Å². The van der Waals surface area contributed by atoms with Gasteiger partial charge < -0.3 is 11.1 Å². The van der Waals surface area contributed by atoms with Crippen molar-refractivity contribution in [3.8, 4) is 0 Å². The number of aryl methyl sites for hydroxylation is 2. The van der Waals surface area contributed by atoms with Crippen LogP contribution in [0, 0.1) is 12.7 Å². The number of hydrogen-bond donors (Lipinski definition) is 3. The Morgan fingerprint density at radius 1 is 1.27 bits per heavy atom. The lowest BCUT2D eigenvalue weighted by Crippen LogP contribution is -2.01. The quantitative estimate of drug-likeness (QED) is 0.678. The molecule has 112 valence electrons. The molecule has 3 aromatic rings. The summed E-state index contributed by atoms with van der Waals surface area (Å²) in [5.41, 5.74) is 10.9. The first-order valence-electron chi connectivity index (χ1n) is 7.31. The number of anilines is 3. The fourth-order valence-corrected chi connectivity index (χ4v) is 3.13. The van der Waals surface area contributed by atoms with Crippen molar-refractivity contribution in [3.63, 3.8) is 0 Å². The van der Waals surface area contributed by atoms with E-state index < -0.39 is 5.82 Å². The fraction of sp³-hybridized carbons (Fsp3) is 0.250. The number of H-pyrrole nitrogens is 1. The van der Waals surface area contributed by atoms with Gasteiger partial charge >= 0.3 is 0 Å². The summed E-state index contributed by atoms with van der Waals surface area (Å²) in [7, 11) is 0. The number of fused-ring (bicyclic) bond motifs is 2. The second-order valence-corrected chi connectivity index (χ2v) is 5.75. The summed E-state index contributed by atoms with van der Waals surface area (Å²) < 4.78 is 14.3. The summed E-state index contributed by atoms with van der Waals surface area (Å²) in [5, 5.41) is 10.2. The van der Waals surface area contributed by atoms with Crippen molar-refractivity contribution in [2.24, 2.45) is 0 Å². The Kier molecular flexibility index (Phi) is 2.79. The van der Waals surface area contributed by atoms with E-state index in [9.17, 15) is 4.39 Å². The van der Waals surface area contributed by atoms with E-state index in [0.717, 1.165) is 30.5 Å². The van der Waals surface area contributed by atoms with Crippen molar-refractivity contribution in [3.05, 3.63) is 40.7 Å². The molecule has 0 saturated heterocycles. The van der Waals surface area contributed by atoms with Gasteiger partial charge in [-0.2, -0.15) is 5.10 Å². The average Bonchev–Trinajstić information content (AvgIpc) is 3.07. The van der Waals surface area contributed by atoms with Gasteiger partial charge in [0.2, 0.25) is 0 Å². The second kappa shape index (κ2) is 4.69. The highest BCUT2D eigenvalue weighted by molar-refractivity contribution is 5.87. The van der Waals surface area contributed by atoms with Crippen molar-refractivity contribution in [1.29, 1.82) is 0 Å². The van der Waals surface area contributed by atoms with Crippen molar-refractivity contribution in [1.82, 2.24) is 15.2 Å². The topological polar surface area (TPSA) is 79.6 Å². The number of hydrogen-bond acceptors (Lipinski definition) is 4. The second-order valence-electron chi connectivity index (χ2n) is 5.75. The number of aromatic amines is 1. The summed E-state index contributed by atoms with van der Waals surface area (Å²) in [5.74, 6) is 0.00843.